The number of nitrogens with zero attached hydrogens (tertiary/aromatic N) is 2. The second-order valence-corrected chi connectivity index (χ2v) is 4.26. The smallest absolute Gasteiger partial charge is 0.206 e. The molecule has 0 atom stereocenters. The molecule has 0 aliphatic heterocycles. The second-order valence-electron chi connectivity index (χ2n) is 4.26. The van der Waals surface area contributed by atoms with E-state index in [-0.39, 0.29) is 28.8 Å². The molecule has 1 aliphatic carbocycles. The van der Waals surface area contributed by atoms with Gasteiger partial charge in [0.2, 0.25) is 11.6 Å². The van der Waals surface area contributed by atoms with Crippen LogP contribution in [0.2, 0.25) is 0 Å². The van der Waals surface area contributed by atoms with E-state index in [4.69, 9.17) is 0 Å². The number of hydrogen-bond acceptors (Lipinski definition) is 3. The van der Waals surface area contributed by atoms with Crippen LogP contribution in [0.25, 0.3) is 0 Å². The summed E-state index contributed by atoms with van der Waals surface area (Å²) in [5, 5.41) is 0. The van der Waals surface area contributed by atoms with Crippen molar-refractivity contribution in [3.05, 3.63) is 65.5 Å². The Morgan fingerprint density at radius 1 is 1.16 bits per heavy atom. The highest BCUT2D eigenvalue weighted by Crippen LogP contribution is 2.17. The van der Waals surface area contributed by atoms with Gasteiger partial charge in [0.1, 0.15) is 17.2 Å². The third-order valence-corrected chi connectivity index (χ3v) is 2.93. The van der Waals surface area contributed by atoms with Crippen LogP contribution in [-0.4, -0.2) is 21.1 Å². The van der Waals surface area contributed by atoms with Gasteiger partial charge in [0.05, 0.1) is 6.33 Å². The number of fused-ring (bicyclic) bond motifs is 1. The Morgan fingerprint density at radius 2 is 1.95 bits per heavy atom. The highest BCUT2D eigenvalue weighted by molar-refractivity contribution is 6.20. The van der Waals surface area contributed by atoms with E-state index in [0.29, 0.717) is 12.1 Å². The normalized spacial score (nSPS) is 13.7. The third-order valence-electron chi connectivity index (χ3n) is 2.93. The number of rotatable bonds is 2. The molecule has 1 aromatic heterocycles. The first-order chi connectivity index (χ1) is 9.15. The molecule has 0 spiro atoms. The highest BCUT2D eigenvalue weighted by atomic mass is 19.1. The van der Waals surface area contributed by atoms with Gasteiger partial charge >= 0.3 is 0 Å². The summed E-state index contributed by atoms with van der Waals surface area (Å²) >= 11 is 0. The largest absolute Gasteiger partial charge is 0.323 e. The van der Waals surface area contributed by atoms with E-state index in [2.05, 4.69) is 4.98 Å². The molecular weight excluding hydrogens is 247 g/mol. The quantitative estimate of drug-likeness (QED) is 0.825. The molecular formula is C14H9FN2O2. The van der Waals surface area contributed by atoms with Crippen LogP contribution in [0.1, 0.15) is 26.5 Å². The van der Waals surface area contributed by atoms with Crippen molar-refractivity contribution >= 4 is 11.6 Å². The van der Waals surface area contributed by atoms with Gasteiger partial charge in [0.15, 0.2) is 0 Å². The van der Waals surface area contributed by atoms with Crippen molar-refractivity contribution in [1.82, 2.24) is 9.55 Å². The fourth-order valence-corrected chi connectivity index (χ4v) is 2.08. The first-order valence-electron chi connectivity index (χ1n) is 5.71. The first kappa shape index (κ1) is 11.5. The lowest BCUT2D eigenvalue weighted by atomic mass is 10.1. The predicted molar refractivity (Wildman–Crippen MR) is 65.5 cm³/mol. The summed E-state index contributed by atoms with van der Waals surface area (Å²) in [5.74, 6) is -0.884. The van der Waals surface area contributed by atoms with Crippen LogP contribution in [0, 0.1) is 5.82 Å². The maximum Gasteiger partial charge on any atom is 0.206 e. The fourth-order valence-electron chi connectivity index (χ4n) is 2.08. The summed E-state index contributed by atoms with van der Waals surface area (Å²) in [6.07, 6.45) is 3.87. The second kappa shape index (κ2) is 4.28. The molecule has 0 saturated carbocycles. The number of ketones is 2. The summed E-state index contributed by atoms with van der Waals surface area (Å²) < 4.78 is 14.7. The van der Waals surface area contributed by atoms with Crippen molar-refractivity contribution in [3.8, 4) is 0 Å². The average molecular weight is 256 g/mol. The lowest BCUT2D eigenvalue weighted by Gasteiger charge is -2.09. The molecule has 1 heterocycles. The van der Waals surface area contributed by atoms with Gasteiger partial charge in [-0.25, -0.2) is 9.37 Å². The van der Waals surface area contributed by atoms with Crippen LogP contribution < -0.4 is 0 Å². The van der Waals surface area contributed by atoms with E-state index in [1.807, 2.05) is 0 Å². The Hall–Kier alpha value is -2.56. The number of halogens is 1. The molecule has 0 saturated heterocycles. The number of benzene rings is 1. The average Bonchev–Trinajstić information content (AvgIpc) is 2.79. The number of aromatic nitrogens is 2. The molecule has 0 unspecified atom stereocenters. The van der Waals surface area contributed by atoms with Gasteiger partial charge in [-0.3, -0.25) is 9.59 Å². The monoisotopic (exact) mass is 256 g/mol. The first-order valence-corrected chi connectivity index (χ1v) is 5.71. The summed E-state index contributed by atoms with van der Waals surface area (Å²) in [5.41, 5.74) is 1.12. The minimum atomic E-state index is -0.339. The van der Waals surface area contributed by atoms with Crippen molar-refractivity contribution in [2.45, 2.75) is 6.54 Å². The molecule has 0 N–H and O–H groups in total. The van der Waals surface area contributed by atoms with Crippen LogP contribution in [0.4, 0.5) is 4.39 Å². The van der Waals surface area contributed by atoms with Crippen LogP contribution in [0.15, 0.2) is 42.7 Å². The SMILES string of the molecule is O=C1C=CC(=O)c2c1ncn2Cc1cccc(F)c1. The van der Waals surface area contributed by atoms with E-state index in [1.54, 1.807) is 16.7 Å². The molecule has 0 bridgehead atoms. The standard InChI is InChI=1S/C14H9FN2O2/c15-10-3-1-2-9(6-10)7-17-8-16-13-11(18)4-5-12(19)14(13)17/h1-6,8H,7H2. The summed E-state index contributed by atoms with van der Waals surface area (Å²) in [6, 6.07) is 6.09. The number of imidazole rings is 1. The maximum atomic E-state index is 13.1. The molecule has 1 aromatic carbocycles. The number of hydrogen-bond donors (Lipinski definition) is 0. The molecule has 5 heteroatoms. The minimum Gasteiger partial charge on any atom is -0.323 e. The molecule has 94 valence electrons. The molecule has 2 aromatic rings. The van der Waals surface area contributed by atoms with E-state index >= 15 is 0 Å². The molecule has 0 amide bonds. The van der Waals surface area contributed by atoms with Gasteiger partial charge in [-0.05, 0) is 29.8 Å². The van der Waals surface area contributed by atoms with Crippen LogP contribution in [0.3, 0.4) is 0 Å². The highest BCUT2D eigenvalue weighted by Gasteiger charge is 2.24. The Bertz CT molecular complexity index is 716. The molecule has 19 heavy (non-hydrogen) atoms. The van der Waals surface area contributed by atoms with Gasteiger partial charge in [-0.1, -0.05) is 12.1 Å². The molecule has 3 rings (SSSR count). The summed E-state index contributed by atoms with van der Waals surface area (Å²) in [6.45, 7) is 0.299. The van der Waals surface area contributed by atoms with Crippen LogP contribution in [-0.2, 0) is 6.54 Å². The Kier molecular flexibility index (Phi) is 2.59. The fraction of sp³-hybridized carbons (Fsp3) is 0.0714. The van der Waals surface area contributed by atoms with Crippen molar-refractivity contribution < 1.29 is 14.0 Å². The Balaban J connectivity index is 2.00. The zero-order valence-electron chi connectivity index (χ0n) is 9.84. The van der Waals surface area contributed by atoms with Crippen molar-refractivity contribution in [2.75, 3.05) is 0 Å². The third kappa shape index (κ3) is 1.99. The number of carbonyl (C=O) groups excluding carboxylic acids is 2. The van der Waals surface area contributed by atoms with E-state index in [9.17, 15) is 14.0 Å². The molecule has 4 nitrogen and oxygen atoms in total. The van der Waals surface area contributed by atoms with Crippen molar-refractivity contribution in [3.63, 3.8) is 0 Å². The van der Waals surface area contributed by atoms with E-state index in [0.717, 1.165) is 0 Å². The van der Waals surface area contributed by atoms with E-state index < -0.39 is 0 Å². The van der Waals surface area contributed by atoms with E-state index in [1.165, 1.54) is 30.6 Å². The molecule has 0 radical (unpaired) electrons. The van der Waals surface area contributed by atoms with Crippen molar-refractivity contribution in [1.29, 1.82) is 0 Å². The number of allylic oxidation sites excluding steroid dienone is 2. The summed E-state index contributed by atoms with van der Waals surface area (Å²) in [4.78, 5) is 27.3. The van der Waals surface area contributed by atoms with Gasteiger partial charge in [0.25, 0.3) is 0 Å². The maximum absolute atomic E-state index is 13.1. The molecule has 1 aliphatic rings. The lowest BCUT2D eigenvalue weighted by Crippen LogP contribution is -2.16. The molecule has 0 fully saturated rings. The minimum absolute atomic E-state index is 0.156. The van der Waals surface area contributed by atoms with Gasteiger partial charge in [-0.15, -0.1) is 0 Å². The topological polar surface area (TPSA) is 52.0 Å². The zero-order valence-corrected chi connectivity index (χ0v) is 9.84. The van der Waals surface area contributed by atoms with Gasteiger partial charge < -0.3 is 4.57 Å². The van der Waals surface area contributed by atoms with Gasteiger partial charge in [-0.2, -0.15) is 0 Å². The predicted octanol–water partition coefficient (Wildman–Crippen LogP) is 2.01. The van der Waals surface area contributed by atoms with Crippen molar-refractivity contribution in [2.24, 2.45) is 0 Å². The lowest BCUT2D eigenvalue weighted by molar-refractivity contribution is 0.0986. The zero-order chi connectivity index (χ0) is 13.4. The van der Waals surface area contributed by atoms with Gasteiger partial charge in [0, 0.05) is 6.54 Å². The summed E-state index contributed by atoms with van der Waals surface area (Å²) in [7, 11) is 0. The van der Waals surface area contributed by atoms with Crippen LogP contribution in [0.5, 0.6) is 0 Å². The Labute approximate surface area is 108 Å². The van der Waals surface area contributed by atoms with Crippen LogP contribution >= 0.6 is 0 Å². The number of carbonyl (C=O) groups is 2. The Morgan fingerprint density at radius 3 is 2.74 bits per heavy atom.